The summed E-state index contributed by atoms with van der Waals surface area (Å²) in [7, 11) is 0. The van der Waals surface area contributed by atoms with E-state index in [1.54, 1.807) is 9.80 Å². The third-order valence-corrected chi connectivity index (χ3v) is 6.34. The Hall–Kier alpha value is -3.10. The molecule has 0 unspecified atom stereocenters. The van der Waals surface area contributed by atoms with E-state index in [1.807, 2.05) is 54.6 Å². The number of rotatable bonds is 5. The monoisotopic (exact) mass is 430 g/mol. The van der Waals surface area contributed by atoms with Gasteiger partial charge in [0.2, 0.25) is 11.8 Å². The number of piperazine rings is 1. The van der Waals surface area contributed by atoms with Crippen molar-refractivity contribution in [1.82, 2.24) is 9.80 Å². The fourth-order valence-electron chi connectivity index (χ4n) is 4.72. The highest BCUT2D eigenvalue weighted by Gasteiger charge is 2.54. The van der Waals surface area contributed by atoms with E-state index in [0.717, 1.165) is 23.1 Å². The molecule has 166 valence electrons. The molecule has 0 bridgehead atoms. The first-order valence-corrected chi connectivity index (χ1v) is 11.3. The molecule has 2 amide bonds. The van der Waals surface area contributed by atoms with E-state index in [0.29, 0.717) is 18.9 Å². The number of hydrogen-bond donors (Lipinski definition) is 1. The normalized spacial score (nSPS) is 22.1. The molecular formula is C27H30N2O3. The summed E-state index contributed by atoms with van der Waals surface area (Å²) in [4.78, 5) is 29.1. The molecule has 4 rings (SSSR count). The van der Waals surface area contributed by atoms with Crippen LogP contribution < -0.4 is 0 Å². The zero-order chi connectivity index (χ0) is 22.7. The third kappa shape index (κ3) is 4.56. The summed E-state index contributed by atoms with van der Waals surface area (Å²) < 4.78 is 0. The van der Waals surface area contributed by atoms with E-state index >= 15 is 0 Å². The van der Waals surface area contributed by atoms with Gasteiger partial charge in [0, 0.05) is 24.4 Å². The fraction of sp³-hybridized carbons (Fsp3) is 0.407. The van der Waals surface area contributed by atoms with Crippen molar-refractivity contribution in [3.05, 3.63) is 71.3 Å². The summed E-state index contributed by atoms with van der Waals surface area (Å²) in [5.74, 6) is 6.82. The Bertz CT molecular complexity index is 1020. The SMILES string of the molecule is CC(C)CC#Cc1ccc([C@@H]2[C@H]3CN(C(=O)Cc4ccccc4)CC(=O)N3[C@H]2CO)cc1. The van der Waals surface area contributed by atoms with Crippen LogP contribution in [0.15, 0.2) is 54.6 Å². The first-order valence-electron chi connectivity index (χ1n) is 11.3. The Morgan fingerprint density at radius 2 is 1.84 bits per heavy atom. The van der Waals surface area contributed by atoms with Crippen molar-refractivity contribution in [2.24, 2.45) is 5.92 Å². The molecule has 2 aliphatic heterocycles. The van der Waals surface area contributed by atoms with Crippen LogP contribution >= 0.6 is 0 Å². The van der Waals surface area contributed by atoms with Crippen LogP contribution in [-0.2, 0) is 16.0 Å². The van der Waals surface area contributed by atoms with E-state index in [-0.39, 0.29) is 43.0 Å². The van der Waals surface area contributed by atoms with Gasteiger partial charge in [-0.3, -0.25) is 9.59 Å². The second-order valence-corrected chi connectivity index (χ2v) is 9.10. The topological polar surface area (TPSA) is 60.9 Å². The molecule has 2 fully saturated rings. The Balaban J connectivity index is 1.48. The summed E-state index contributed by atoms with van der Waals surface area (Å²) in [6.07, 6.45) is 1.15. The summed E-state index contributed by atoms with van der Waals surface area (Å²) >= 11 is 0. The summed E-state index contributed by atoms with van der Waals surface area (Å²) in [5, 5.41) is 9.97. The highest BCUT2D eigenvalue weighted by molar-refractivity contribution is 5.88. The number of aliphatic hydroxyl groups is 1. The van der Waals surface area contributed by atoms with Crippen molar-refractivity contribution in [3.8, 4) is 11.8 Å². The van der Waals surface area contributed by atoms with Crippen LogP contribution in [0, 0.1) is 17.8 Å². The van der Waals surface area contributed by atoms with E-state index in [1.165, 1.54) is 0 Å². The van der Waals surface area contributed by atoms with Crippen LogP contribution in [0.4, 0.5) is 0 Å². The van der Waals surface area contributed by atoms with Crippen molar-refractivity contribution in [1.29, 1.82) is 0 Å². The number of fused-ring (bicyclic) bond motifs is 1. The van der Waals surface area contributed by atoms with Gasteiger partial charge in [-0.05, 0) is 29.2 Å². The van der Waals surface area contributed by atoms with Gasteiger partial charge in [0.05, 0.1) is 31.7 Å². The average Bonchev–Trinajstić information content (AvgIpc) is 2.76. The maximum Gasteiger partial charge on any atom is 0.242 e. The molecule has 2 aromatic carbocycles. The van der Waals surface area contributed by atoms with E-state index in [2.05, 4.69) is 25.7 Å². The molecule has 5 heteroatoms. The van der Waals surface area contributed by atoms with Crippen LogP contribution in [0.25, 0.3) is 0 Å². The second kappa shape index (κ2) is 9.58. The number of benzene rings is 2. The Morgan fingerprint density at radius 1 is 1.12 bits per heavy atom. The van der Waals surface area contributed by atoms with E-state index < -0.39 is 0 Å². The zero-order valence-electron chi connectivity index (χ0n) is 18.7. The van der Waals surface area contributed by atoms with Gasteiger partial charge in [0.25, 0.3) is 0 Å². The zero-order valence-corrected chi connectivity index (χ0v) is 18.7. The predicted octanol–water partition coefficient (Wildman–Crippen LogP) is 2.82. The van der Waals surface area contributed by atoms with Gasteiger partial charge in [-0.2, -0.15) is 0 Å². The smallest absolute Gasteiger partial charge is 0.242 e. The van der Waals surface area contributed by atoms with Gasteiger partial charge in [-0.25, -0.2) is 0 Å². The van der Waals surface area contributed by atoms with E-state index in [4.69, 9.17) is 0 Å². The number of carbonyl (C=O) groups is 2. The molecule has 2 aliphatic rings. The van der Waals surface area contributed by atoms with Crippen molar-refractivity contribution in [2.75, 3.05) is 19.7 Å². The lowest BCUT2D eigenvalue weighted by molar-refractivity contribution is -0.166. The Kier molecular flexibility index (Phi) is 6.62. The van der Waals surface area contributed by atoms with Crippen molar-refractivity contribution in [2.45, 2.75) is 44.7 Å². The molecular weight excluding hydrogens is 400 g/mol. The van der Waals surface area contributed by atoms with E-state index in [9.17, 15) is 14.7 Å². The molecule has 1 N–H and O–H groups in total. The Morgan fingerprint density at radius 3 is 2.50 bits per heavy atom. The highest BCUT2D eigenvalue weighted by Crippen LogP contribution is 2.43. The number of hydrogen-bond acceptors (Lipinski definition) is 3. The van der Waals surface area contributed by atoms with Gasteiger partial charge in [-0.1, -0.05) is 68.2 Å². The van der Waals surface area contributed by atoms with Crippen LogP contribution in [-0.4, -0.2) is 58.5 Å². The minimum atomic E-state index is -0.239. The summed E-state index contributed by atoms with van der Waals surface area (Å²) in [6.45, 7) is 4.79. The largest absolute Gasteiger partial charge is 0.394 e. The van der Waals surface area contributed by atoms with Crippen LogP contribution in [0.3, 0.4) is 0 Å². The molecule has 2 saturated heterocycles. The van der Waals surface area contributed by atoms with Gasteiger partial charge < -0.3 is 14.9 Å². The highest BCUT2D eigenvalue weighted by atomic mass is 16.3. The first-order chi connectivity index (χ1) is 15.5. The molecule has 0 spiro atoms. The number of carbonyl (C=O) groups excluding carboxylic acids is 2. The lowest BCUT2D eigenvalue weighted by atomic mass is 9.73. The maximum absolute atomic E-state index is 12.9. The van der Waals surface area contributed by atoms with Crippen molar-refractivity contribution in [3.63, 3.8) is 0 Å². The van der Waals surface area contributed by atoms with Gasteiger partial charge in [0.15, 0.2) is 0 Å². The van der Waals surface area contributed by atoms with Gasteiger partial charge in [-0.15, -0.1) is 0 Å². The molecule has 3 atom stereocenters. The maximum atomic E-state index is 12.9. The van der Waals surface area contributed by atoms with Gasteiger partial charge >= 0.3 is 0 Å². The molecule has 0 radical (unpaired) electrons. The molecule has 32 heavy (non-hydrogen) atoms. The van der Waals surface area contributed by atoms with Crippen molar-refractivity contribution >= 4 is 11.8 Å². The van der Waals surface area contributed by atoms with Crippen LogP contribution in [0.1, 0.15) is 42.9 Å². The van der Waals surface area contributed by atoms with Gasteiger partial charge in [0.1, 0.15) is 0 Å². The quantitative estimate of drug-likeness (QED) is 0.742. The minimum absolute atomic E-state index is 0.00829. The summed E-state index contributed by atoms with van der Waals surface area (Å²) in [6, 6.07) is 17.3. The molecule has 2 heterocycles. The lowest BCUT2D eigenvalue weighted by Crippen LogP contribution is -2.73. The minimum Gasteiger partial charge on any atom is -0.394 e. The second-order valence-electron chi connectivity index (χ2n) is 9.10. The fourth-order valence-corrected chi connectivity index (χ4v) is 4.72. The number of aliphatic hydroxyl groups excluding tert-OH is 1. The molecule has 5 nitrogen and oxygen atoms in total. The number of nitrogens with zero attached hydrogens (tertiary/aromatic N) is 2. The van der Waals surface area contributed by atoms with Crippen LogP contribution in [0.2, 0.25) is 0 Å². The first kappa shape index (κ1) is 22.1. The predicted molar refractivity (Wildman–Crippen MR) is 124 cm³/mol. The summed E-state index contributed by atoms with van der Waals surface area (Å²) in [5.41, 5.74) is 2.98. The Labute approximate surface area is 190 Å². The number of amides is 2. The molecule has 0 aliphatic carbocycles. The standard InChI is InChI=1S/C27H30N2O3/c1-19(2)7-6-10-20-11-13-22(14-12-20)27-23-16-28(17-26(32)29(23)24(27)18-30)25(31)15-21-8-4-3-5-9-21/h3-5,8-9,11-14,19,23-24,27,30H,7,15-18H2,1-2H3/t23-,24+,27-/m1/s1. The molecule has 2 aromatic rings. The van der Waals surface area contributed by atoms with Crippen molar-refractivity contribution < 1.29 is 14.7 Å². The third-order valence-electron chi connectivity index (χ3n) is 6.34. The van der Waals surface area contributed by atoms with Crippen LogP contribution in [0.5, 0.6) is 0 Å². The average molecular weight is 431 g/mol. The lowest BCUT2D eigenvalue weighted by Gasteiger charge is -2.58. The molecule has 0 aromatic heterocycles. The molecule has 0 saturated carbocycles.